The maximum Gasteiger partial charge on any atom is 0.291 e. The van der Waals surface area contributed by atoms with E-state index in [9.17, 15) is 4.79 Å². The third-order valence-electron chi connectivity index (χ3n) is 4.22. The number of anilines is 1. The normalized spacial score (nSPS) is 20.6. The van der Waals surface area contributed by atoms with E-state index in [-0.39, 0.29) is 5.56 Å². The van der Waals surface area contributed by atoms with Gasteiger partial charge in [-0.3, -0.25) is 4.79 Å². The number of thioether (sulfide) groups is 1. The van der Waals surface area contributed by atoms with Crippen molar-refractivity contribution in [3.05, 3.63) is 21.0 Å². The van der Waals surface area contributed by atoms with Crippen molar-refractivity contribution >= 4 is 33.4 Å². The molecule has 2 fully saturated rings. The van der Waals surface area contributed by atoms with Crippen LogP contribution in [0.2, 0.25) is 0 Å². The second-order valence-electron chi connectivity index (χ2n) is 5.68. The van der Waals surface area contributed by atoms with Gasteiger partial charge in [0, 0.05) is 12.6 Å². The van der Waals surface area contributed by atoms with Crippen molar-refractivity contribution in [2.24, 2.45) is 5.92 Å². The lowest BCUT2D eigenvalue weighted by Crippen LogP contribution is -2.34. The molecule has 0 spiro atoms. The number of rotatable bonds is 4. The van der Waals surface area contributed by atoms with Crippen molar-refractivity contribution in [1.29, 1.82) is 0 Å². The van der Waals surface area contributed by atoms with Crippen LogP contribution in [-0.4, -0.2) is 27.3 Å². The van der Waals surface area contributed by atoms with Gasteiger partial charge in [-0.2, -0.15) is 16.9 Å². The summed E-state index contributed by atoms with van der Waals surface area (Å²) >= 11 is 5.45. The SMILES string of the molecule is O=c1c(NC2CCSCC2)c(Br)cnn1CC1CCC1. The first-order chi connectivity index (χ1) is 9.74. The van der Waals surface area contributed by atoms with Crippen LogP contribution in [0.15, 0.2) is 15.5 Å². The summed E-state index contributed by atoms with van der Waals surface area (Å²) in [5.74, 6) is 2.99. The average molecular weight is 358 g/mol. The molecule has 1 saturated carbocycles. The molecule has 1 aliphatic heterocycles. The fourth-order valence-electron chi connectivity index (χ4n) is 2.70. The summed E-state index contributed by atoms with van der Waals surface area (Å²) in [6.07, 6.45) is 7.75. The van der Waals surface area contributed by atoms with E-state index in [0.29, 0.717) is 17.6 Å². The van der Waals surface area contributed by atoms with Gasteiger partial charge in [-0.05, 0) is 59.0 Å². The van der Waals surface area contributed by atoms with Crippen molar-refractivity contribution in [2.45, 2.75) is 44.7 Å². The molecule has 0 aromatic carbocycles. The summed E-state index contributed by atoms with van der Waals surface area (Å²) < 4.78 is 2.42. The fraction of sp³-hybridized carbons (Fsp3) is 0.714. The molecule has 0 bridgehead atoms. The zero-order valence-corrected chi connectivity index (χ0v) is 13.9. The first kappa shape index (κ1) is 14.4. The zero-order valence-electron chi connectivity index (χ0n) is 11.5. The number of hydrogen-bond donors (Lipinski definition) is 1. The summed E-state index contributed by atoms with van der Waals surface area (Å²) in [4.78, 5) is 12.5. The molecule has 1 aromatic rings. The van der Waals surface area contributed by atoms with E-state index in [0.717, 1.165) is 23.9 Å². The monoisotopic (exact) mass is 357 g/mol. The topological polar surface area (TPSA) is 46.9 Å². The summed E-state index contributed by atoms with van der Waals surface area (Å²) in [7, 11) is 0. The summed E-state index contributed by atoms with van der Waals surface area (Å²) in [5.41, 5.74) is 0.709. The van der Waals surface area contributed by atoms with E-state index in [2.05, 4.69) is 26.3 Å². The molecule has 0 atom stereocenters. The van der Waals surface area contributed by atoms with Gasteiger partial charge in [0.2, 0.25) is 0 Å². The van der Waals surface area contributed by atoms with E-state index in [4.69, 9.17) is 0 Å². The Morgan fingerprint density at radius 1 is 1.35 bits per heavy atom. The van der Waals surface area contributed by atoms with Crippen LogP contribution in [-0.2, 0) is 6.54 Å². The minimum atomic E-state index is 0.0181. The third-order valence-corrected chi connectivity index (χ3v) is 5.87. The van der Waals surface area contributed by atoms with Gasteiger partial charge in [-0.25, -0.2) is 4.68 Å². The fourth-order valence-corrected chi connectivity index (χ4v) is 4.18. The van der Waals surface area contributed by atoms with Gasteiger partial charge >= 0.3 is 0 Å². The van der Waals surface area contributed by atoms with Gasteiger partial charge in [0.05, 0.1) is 10.7 Å². The smallest absolute Gasteiger partial charge is 0.291 e. The Morgan fingerprint density at radius 2 is 2.10 bits per heavy atom. The highest BCUT2D eigenvalue weighted by Crippen LogP contribution is 2.28. The zero-order chi connectivity index (χ0) is 13.9. The summed E-state index contributed by atoms with van der Waals surface area (Å²) in [6.45, 7) is 0.765. The Balaban J connectivity index is 1.77. The van der Waals surface area contributed by atoms with Crippen molar-refractivity contribution in [1.82, 2.24) is 9.78 Å². The first-order valence-electron chi connectivity index (χ1n) is 7.34. The van der Waals surface area contributed by atoms with E-state index in [1.165, 1.54) is 30.8 Å². The van der Waals surface area contributed by atoms with Gasteiger partial charge in [-0.1, -0.05) is 6.42 Å². The molecule has 3 rings (SSSR count). The standard InChI is InChI=1S/C14H20BrN3OS/c15-12-8-16-18(9-10-2-1-3-10)14(19)13(12)17-11-4-6-20-7-5-11/h8,10-11,17H,1-7,9H2. The number of halogens is 1. The molecule has 1 aliphatic carbocycles. The summed E-state index contributed by atoms with van der Waals surface area (Å²) in [6, 6.07) is 0.416. The van der Waals surface area contributed by atoms with Crippen LogP contribution in [0.1, 0.15) is 32.1 Å². The minimum Gasteiger partial charge on any atom is -0.377 e. The van der Waals surface area contributed by atoms with Crippen LogP contribution in [0, 0.1) is 5.92 Å². The molecular weight excluding hydrogens is 338 g/mol. The number of aromatic nitrogens is 2. The highest BCUT2D eigenvalue weighted by atomic mass is 79.9. The van der Waals surface area contributed by atoms with Crippen molar-refractivity contribution < 1.29 is 0 Å². The Kier molecular flexibility index (Phi) is 4.71. The number of nitrogens with one attached hydrogen (secondary N) is 1. The van der Waals surface area contributed by atoms with E-state index < -0.39 is 0 Å². The van der Waals surface area contributed by atoms with Crippen molar-refractivity contribution in [3.8, 4) is 0 Å². The highest BCUT2D eigenvalue weighted by molar-refractivity contribution is 9.10. The van der Waals surface area contributed by atoms with Crippen LogP contribution in [0.5, 0.6) is 0 Å². The van der Waals surface area contributed by atoms with Crippen LogP contribution >= 0.6 is 27.7 Å². The van der Waals surface area contributed by atoms with Gasteiger partial charge in [0.1, 0.15) is 5.69 Å². The predicted octanol–water partition coefficient (Wildman–Crippen LogP) is 3.11. The van der Waals surface area contributed by atoms with E-state index in [1.807, 2.05) is 11.8 Å². The van der Waals surface area contributed by atoms with Crippen LogP contribution < -0.4 is 10.9 Å². The molecule has 110 valence electrons. The lowest BCUT2D eigenvalue weighted by atomic mass is 9.85. The van der Waals surface area contributed by atoms with Gasteiger partial charge < -0.3 is 5.32 Å². The van der Waals surface area contributed by atoms with Crippen molar-refractivity contribution in [2.75, 3.05) is 16.8 Å². The molecule has 0 unspecified atom stereocenters. The van der Waals surface area contributed by atoms with Gasteiger partial charge in [0.25, 0.3) is 5.56 Å². The molecule has 0 radical (unpaired) electrons. The van der Waals surface area contributed by atoms with Crippen LogP contribution in [0.3, 0.4) is 0 Å². The predicted molar refractivity (Wildman–Crippen MR) is 87.5 cm³/mol. The lowest BCUT2D eigenvalue weighted by Gasteiger charge is -2.26. The molecule has 4 nitrogen and oxygen atoms in total. The van der Waals surface area contributed by atoms with E-state index >= 15 is 0 Å². The Morgan fingerprint density at radius 3 is 2.75 bits per heavy atom. The van der Waals surface area contributed by atoms with Gasteiger partial charge in [-0.15, -0.1) is 0 Å². The largest absolute Gasteiger partial charge is 0.377 e. The number of hydrogen-bond acceptors (Lipinski definition) is 4. The first-order valence-corrected chi connectivity index (χ1v) is 9.28. The summed E-state index contributed by atoms with van der Waals surface area (Å²) in [5, 5.41) is 7.70. The van der Waals surface area contributed by atoms with Crippen LogP contribution in [0.4, 0.5) is 5.69 Å². The minimum absolute atomic E-state index is 0.0181. The molecule has 20 heavy (non-hydrogen) atoms. The Hall–Kier alpha value is -0.490. The Bertz CT molecular complexity index is 524. The van der Waals surface area contributed by atoms with E-state index in [1.54, 1.807) is 10.9 Å². The molecule has 6 heteroatoms. The maximum atomic E-state index is 12.5. The second kappa shape index (κ2) is 6.52. The maximum absolute atomic E-state index is 12.5. The molecule has 1 N–H and O–H groups in total. The highest BCUT2D eigenvalue weighted by Gasteiger charge is 2.21. The molecule has 2 aliphatic rings. The quantitative estimate of drug-likeness (QED) is 0.899. The molecule has 1 aromatic heterocycles. The Labute approximate surface area is 131 Å². The van der Waals surface area contributed by atoms with Crippen molar-refractivity contribution in [3.63, 3.8) is 0 Å². The third kappa shape index (κ3) is 3.22. The second-order valence-corrected chi connectivity index (χ2v) is 7.76. The molecular formula is C14H20BrN3OS. The van der Waals surface area contributed by atoms with Crippen LogP contribution in [0.25, 0.3) is 0 Å². The number of nitrogens with zero attached hydrogens (tertiary/aromatic N) is 2. The lowest BCUT2D eigenvalue weighted by molar-refractivity contribution is 0.262. The van der Waals surface area contributed by atoms with Gasteiger partial charge in [0.15, 0.2) is 0 Å². The average Bonchev–Trinajstić information content (AvgIpc) is 2.42. The molecule has 2 heterocycles. The molecule has 0 amide bonds. The molecule has 1 saturated heterocycles.